The van der Waals surface area contributed by atoms with E-state index >= 15 is 0 Å². The van der Waals surface area contributed by atoms with Gasteiger partial charge < -0.3 is 0 Å². The Hall–Kier alpha value is -2.19. The molecule has 2 rings (SSSR count). The van der Waals surface area contributed by atoms with Gasteiger partial charge in [-0.25, -0.2) is 5.10 Å². The Labute approximate surface area is 118 Å². The van der Waals surface area contributed by atoms with Gasteiger partial charge in [-0.05, 0) is 36.3 Å². The smallest absolute Gasteiger partial charge is 0.267 e. The zero-order valence-corrected chi connectivity index (χ0v) is 11.7. The standard InChI is InChI=1S/C14H10BrN3O/c1-9-12(8-16)14(19)18-17-13(9)6-5-10-3-2-4-11(15)7-10/h2-7H,1H3,(H,18,19)/b6-5+. The van der Waals surface area contributed by atoms with Crippen LogP contribution in [0, 0.1) is 18.3 Å². The molecule has 1 aromatic carbocycles. The maximum atomic E-state index is 11.4. The van der Waals surface area contributed by atoms with Crippen LogP contribution in [-0.4, -0.2) is 10.2 Å². The van der Waals surface area contributed by atoms with Gasteiger partial charge in [0.1, 0.15) is 11.6 Å². The van der Waals surface area contributed by atoms with Crippen molar-refractivity contribution in [1.29, 1.82) is 5.26 Å². The Balaban J connectivity index is 2.40. The van der Waals surface area contributed by atoms with Gasteiger partial charge >= 0.3 is 0 Å². The Morgan fingerprint density at radius 2 is 2.21 bits per heavy atom. The highest BCUT2D eigenvalue weighted by molar-refractivity contribution is 9.10. The minimum absolute atomic E-state index is 0.101. The molecule has 0 aliphatic carbocycles. The molecule has 0 fully saturated rings. The zero-order chi connectivity index (χ0) is 13.8. The third-order valence-electron chi connectivity index (χ3n) is 2.66. The summed E-state index contributed by atoms with van der Waals surface area (Å²) in [4.78, 5) is 11.4. The van der Waals surface area contributed by atoms with Crippen molar-refractivity contribution in [3.05, 3.63) is 61.5 Å². The molecule has 5 heteroatoms. The molecule has 0 aliphatic rings. The van der Waals surface area contributed by atoms with Gasteiger partial charge in [-0.1, -0.05) is 34.1 Å². The fourth-order valence-electron chi connectivity index (χ4n) is 1.63. The molecule has 1 aromatic heterocycles. The summed E-state index contributed by atoms with van der Waals surface area (Å²) in [5, 5.41) is 15.2. The Kier molecular flexibility index (Phi) is 3.93. The van der Waals surface area contributed by atoms with Crippen molar-refractivity contribution >= 4 is 28.1 Å². The van der Waals surface area contributed by atoms with E-state index < -0.39 is 5.56 Å². The first kappa shape index (κ1) is 13.2. The first-order chi connectivity index (χ1) is 9.11. The Morgan fingerprint density at radius 3 is 2.89 bits per heavy atom. The highest BCUT2D eigenvalue weighted by Crippen LogP contribution is 2.15. The molecule has 0 atom stereocenters. The van der Waals surface area contributed by atoms with Gasteiger partial charge in [-0.3, -0.25) is 4.79 Å². The summed E-state index contributed by atoms with van der Waals surface area (Å²) in [7, 11) is 0. The number of hydrogen-bond acceptors (Lipinski definition) is 3. The number of nitrogens with zero attached hydrogens (tertiary/aromatic N) is 2. The van der Waals surface area contributed by atoms with Crippen molar-refractivity contribution < 1.29 is 0 Å². The number of aromatic nitrogens is 2. The molecule has 19 heavy (non-hydrogen) atoms. The highest BCUT2D eigenvalue weighted by Gasteiger charge is 2.07. The number of benzene rings is 1. The van der Waals surface area contributed by atoms with Crippen molar-refractivity contribution in [2.75, 3.05) is 0 Å². The third kappa shape index (κ3) is 2.98. The fourth-order valence-corrected chi connectivity index (χ4v) is 2.05. The summed E-state index contributed by atoms with van der Waals surface area (Å²) in [5.41, 5.74) is 1.80. The Morgan fingerprint density at radius 1 is 1.42 bits per heavy atom. The van der Waals surface area contributed by atoms with Crippen LogP contribution in [0.5, 0.6) is 0 Å². The number of halogens is 1. The molecule has 94 valence electrons. The van der Waals surface area contributed by atoms with Crippen LogP contribution in [0.25, 0.3) is 12.2 Å². The molecule has 0 unspecified atom stereocenters. The fraction of sp³-hybridized carbons (Fsp3) is 0.0714. The van der Waals surface area contributed by atoms with E-state index in [-0.39, 0.29) is 5.56 Å². The van der Waals surface area contributed by atoms with Gasteiger partial charge in [0.25, 0.3) is 5.56 Å². The second-order valence-corrected chi connectivity index (χ2v) is 4.85. The van der Waals surface area contributed by atoms with Gasteiger partial charge in [0.2, 0.25) is 0 Å². The summed E-state index contributed by atoms with van der Waals surface area (Å²) >= 11 is 3.40. The van der Waals surface area contributed by atoms with Crippen molar-refractivity contribution in [3.63, 3.8) is 0 Å². The van der Waals surface area contributed by atoms with Gasteiger partial charge in [0, 0.05) is 4.47 Å². The number of aromatic amines is 1. The number of rotatable bonds is 2. The van der Waals surface area contributed by atoms with Crippen LogP contribution in [0.2, 0.25) is 0 Å². The van der Waals surface area contributed by atoms with Crippen LogP contribution in [-0.2, 0) is 0 Å². The predicted octanol–water partition coefficient (Wildman–Crippen LogP) is 2.88. The molecule has 0 saturated heterocycles. The van der Waals surface area contributed by atoms with Crippen LogP contribution in [0.3, 0.4) is 0 Å². The topological polar surface area (TPSA) is 69.5 Å². The molecular weight excluding hydrogens is 306 g/mol. The van der Waals surface area contributed by atoms with Crippen LogP contribution in [0.15, 0.2) is 33.5 Å². The van der Waals surface area contributed by atoms with Gasteiger partial charge in [0.05, 0.1) is 5.69 Å². The molecule has 0 radical (unpaired) electrons. The molecule has 1 N–H and O–H groups in total. The van der Waals surface area contributed by atoms with Crippen molar-refractivity contribution in [2.24, 2.45) is 0 Å². The summed E-state index contributed by atoms with van der Waals surface area (Å²) in [6.45, 7) is 1.71. The lowest BCUT2D eigenvalue weighted by molar-refractivity contribution is 0.952. The molecule has 0 amide bonds. The minimum atomic E-state index is -0.459. The van der Waals surface area contributed by atoms with E-state index in [9.17, 15) is 4.79 Å². The third-order valence-corrected chi connectivity index (χ3v) is 3.15. The van der Waals surface area contributed by atoms with E-state index in [0.29, 0.717) is 11.3 Å². The second-order valence-electron chi connectivity index (χ2n) is 3.94. The van der Waals surface area contributed by atoms with Gasteiger partial charge in [0.15, 0.2) is 0 Å². The number of H-pyrrole nitrogens is 1. The first-order valence-electron chi connectivity index (χ1n) is 5.55. The maximum Gasteiger partial charge on any atom is 0.282 e. The van der Waals surface area contributed by atoms with Crippen LogP contribution in [0.1, 0.15) is 22.4 Å². The highest BCUT2D eigenvalue weighted by atomic mass is 79.9. The lowest BCUT2D eigenvalue weighted by Crippen LogP contribution is -2.15. The molecular formula is C14H10BrN3O. The average Bonchev–Trinajstić information content (AvgIpc) is 2.38. The Bertz CT molecular complexity index is 741. The second kappa shape index (κ2) is 5.63. The summed E-state index contributed by atoms with van der Waals surface area (Å²) in [6.07, 6.45) is 3.65. The molecule has 1 heterocycles. The molecule has 0 bridgehead atoms. The van der Waals surface area contributed by atoms with E-state index in [0.717, 1.165) is 10.0 Å². The maximum absolute atomic E-state index is 11.4. The first-order valence-corrected chi connectivity index (χ1v) is 6.34. The van der Waals surface area contributed by atoms with Crippen LogP contribution >= 0.6 is 15.9 Å². The van der Waals surface area contributed by atoms with E-state index in [2.05, 4.69) is 26.1 Å². The molecule has 0 saturated carbocycles. The number of nitriles is 1. The van der Waals surface area contributed by atoms with Crippen molar-refractivity contribution in [1.82, 2.24) is 10.2 Å². The minimum Gasteiger partial charge on any atom is -0.267 e. The van der Waals surface area contributed by atoms with Crippen molar-refractivity contribution in [3.8, 4) is 6.07 Å². The van der Waals surface area contributed by atoms with Crippen LogP contribution < -0.4 is 5.56 Å². The van der Waals surface area contributed by atoms with E-state index in [1.807, 2.05) is 36.4 Å². The monoisotopic (exact) mass is 315 g/mol. The van der Waals surface area contributed by atoms with Crippen LogP contribution in [0.4, 0.5) is 0 Å². The molecule has 0 aliphatic heterocycles. The lowest BCUT2D eigenvalue weighted by atomic mass is 10.1. The number of hydrogen-bond donors (Lipinski definition) is 1. The molecule has 2 aromatic rings. The van der Waals surface area contributed by atoms with E-state index in [4.69, 9.17) is 5.26 Å². The summed E-state index contributed by atoms with van der Waals surface area (Å²) in [5.74, 6) is 0. The SMILES string of the molecule is Cc1c(/C=C/c2cccc(Br)c2)n[nH]c(=O)c1C#N. The predicted molar refractivity (Wildman–Crippen MR) is 77.4 cm³/mol. The lowest BCUT2D eigenvalue weighted by Gasteiger charge is -2.00. The van der Waals surface area contributed by atoms with E-state index in [1.165, 1.54) is 0 Å². The van der Waals surface area contributed by atoms with Crippen molar-refractivity contribution in [2.45, 2.75) is 6.92 Å². The quantitative estimate of drug-likeness (QED) is 0.926. The summed E-state index contributed by atoms with van der Waals surface area (Å²) < 4.78 is 0.985. The molecule has 4 nitrogen and oxygen atoms in total. The normalized spacial score (nSPS) is 10.6. The molecule has 0 spiro atoms. The van der Waals surface area contributed by atoms with E-state index in [1.54, 1.807) is 13.0 Å². The summed E-state index contributed by atoms with van der Waals surface area (Å²) in [6, 6.07) is 9.67. The van der Waals surface area contributed by atoms with Gasteiger partial charge in [-0.15, -0.1) is 0 Å². The number of nitrogens with one attached hydrogen (secondary N) is 1. The average molecular weight is 316 g/mol. The van der Waals surface area contributed by atoms with Gasteiger partial charge in [-0.2, -0.15) is 10.4 Å². The largest absolute Gasteiger partial charge is 0.282 e. The zero-order valence-electron chi connectivity index (χ0n) is 10.1.